The molecule has 3 aromatic carbocycles. The molecule has 2 atom stereocenters. The third-order valence-electron chi connectivity index (χ3n) is 7.62. The van der Waals surface area contributed by atoms with Crippen LogP contribution in [0.1, 0.15) is 58.1 Å². The van der Waals surface area contributed by atoms with Crippen LogP contribution in [-0.4, -0.2) is 45.4 Å². The summed E-state index contributed by atoms with van der Waals surface area (Å²) in [5, 5.41) is 1.89. The Hall–Kier alpha value is -4.20. The Bertz CT molecular complexity index is 1520. The Kier molecular flexibility index (Phi) is 8.85. The number of carbonyl (C=O) groups is 2. The molecule has 1 amide bonds. The van der Waals surface area contributed by atoms with E-state index in [-0.39, 0.29) is 18.4 Å². The van der Waals surface area contributed by atoms with Crippen LogP contribution in [0.5, 0.6) is 0 Å². The van der Waals surface area contributed by atoms with Crippen LogP contribution < -0.4 is 5.43 Å². The van der Waals surface area contributed by atoms with E-state index in [0.29, 0.717) is 6.61 Å². The van der Waals surface area contributed by atoms with Crippen LogP contribution in [0.25, 0.3) is 16.8 Å². The summed E-state index contributed by atoms with van der Waals surface area (Å²) in [5.74, 6) is -1.46. The van der Waals surface area contributed by atoms with Crippen molar-refractivity contribution in [1.29, 1.82) is 0 Å². The zero-order valence-corrected chi connectivity index (χ0v) is 25.6. The van der Waals surface area contributed by atoms with Gasteiger partial charge in [0.05, 0.1) is 25.0 Å². The van der Waals surface area contributed by atoms with Crippen LogP contribution >= 0.6 is 0 Å². The van der Waals surface area contributed by atoms with Crippen molar-refractivity contribution in [1.82, 2.24) is 15.0 Å². The number of nitrogens with one attached hydrogen (secondary N) is 1. The summed E-state index contributed by atoms with van der Waals surface area (Å²) in [6.45, 7) is 9.84. The zero-order chi connectivity index (χ0) is 30.6. The first kappa shape index (κ1) is 30.3. The molecule has 0 unspecified atom stereocenters. The first-order chi connectivity index (χ1) is 20.5. The molecule has 4 aromatic rings. The molecule has 1 aliphatic rings. The lowest BCUT2D eigenvalue weighted by molar-refractivity contribution is -0.157. The number of carbonyl (C=O) groups excluding carboxylic acids is 2. The standard InChI is InChI=1S/C36H41N3O4/c1-35(2,3)43-33(40)23-32(34(41)37-39-31(25-42-36(39,4)5)22-26-12-8-6-9-13-26)29-20-21-38(24-29)30-18-16-28(17-19-30)27-14-10-7-11-15-27/h6-21,24,31-32H,22-23,25H2,1-5H3,(H,37,41)/t31-,32+/m0/s1. The number of amides is 1. The Labute approximate surface area is 254 Å². The van der Waals surface area contributed by atoms with Gasteiger partial charge in [0, 0.05) is 18.1 Å². The highest BCUT2D eigenvalue weighted by Gasteiger charge is 2.43. The molecule has 224 valence electrons. The second kappa shape index (κ2) is 12.6. The third kappa shape index (κ3) is 7.61. The highest BCUT2D eigenvalue weighted by Crippen LogP contribution is 2.30. The maximum Gasteiger partial charge on any atom is 0.307 e. The molecule has 0 aliphatic carbocycles. The Morgan fingerprint density at radius 1 is 0.930 bits per heavy atom. The molecular weight excluding hydrogens is 538 g/mol. The second-order valence-corrected chi connectivity index (χ2v) is 12.6. The predicted molar refractivity (Wildman–Crippen MR) is 168 cm³/mol. The minimum absolute atomic E-state index is 0.0590. The van der Waals surface area contributed by atoms with Gasteiger partial charge in [-0.2, -0.15) is 5.01 Å². The fourth-order valence-corrected chi connectivity index (χ4v) is 5.49. The van der Waals surface area contributed by atoms with Crippen molar-refractivity contribution in [2.45, 2.75) is 70.7 Å². The predicted octanol–water partition coefficient (Wildman–Crippen LogP) is 6.67. The number of hydrogen-bond acceptors (Lipinski definition) is 5. The molecular formula is C36H41N3O4. The van der Waals surface area contributed by atoms with Crippen LogP contribution in [0, 0.1) is 0 Å². The fourth-order valence-electron chi connectivity index (χ4n) is 5.49. The molecule has 7 nitrogen and oxygen atoms in total. The molecule has 0 bridgehead atoms. The molecule has 1 aromatic heterocycles. The smallest absolute Gasteiger partial charge is 0.307 e. The third-order valence-corrected chi connectivity index (χ3v) is 7.62. The topological polar surface area (TPSA) is 72.8 Å². The van der Waals surface area contributed by atoms with Gasteiger partial charge in [0.25, 0.3) is 0 Å². The average molecular weight is 580 g/mol. The summed E-state index contributed by atoms with van der Waals surface area (Å²) in [5.41, 5.74) is 6.89. The number of ether oxygens (including phenoxy) is 2. The molecule has 0 saturated carbocycles. The Morgan fingerprint density at radius 2 is 1.56 bits per heavy atom. The van der Waals surface area contributed by atoms with E-state index in [0.717, 1.165) is 34.4 Å². The van der Waals surface area contributed by atoms with Crippen LogP contribution in [0.3, 0.4) is 0 Å². The maximum atomic E-state index is 14.0. The number of esters is 1. The van der Waals surface area contributed by atoms with Gasteiger partial charge < -0.3 is 14.0 Å². The Balaban J connectivity index is 1.38. The minimum Gasteiger partial charge on any atom is -0.460 e. The van der Waals surface area contributed by atoms with Gasteiger partial charge in [-0.1, -0.05) is 72.8 Å². The minimum atomic E-state index is -0.756. The average Bonchev–Trinajstić information content (AvgIpc) is 3.57. The summed E-state index contributed by atoms with van der Waals surface area (Å²) >= 11 is 0. The second-order valence-electron chi connectivity index (χ2n) is 12.6. The largest absolute Gasteiger partial charge is 0.460 e. The lowest BCUT2D eigenvalue weighted by Gasteiger charge is -2.34. The summed E-state index contributed by atoms with van der Waals surface area (Å²) in [4.78, 5) is 27.0. The van der Waals surface area contributed by atoms with Gasteiger partial charge in [0.15, 0.2) is 0 Å². The van der Waals surface area contributed by atoms with Gasteiger partial charge in [-0.25, -0.2) is 0 Å². The van der Waals surface area contributed by atoms with Gasteiger partial charge in [-0.05, 0) is 81.5 Å². The molecule has 7 heteroatoms. The van der Waals surface area contributed by atoms with E-state index in [2.05, 4.69) is 41.8 Å². The number of aromatic nitrogens is 1. The van der Waals surface area contributed by atoms with Gasteiger partial charge >= 0.3 is 5.97 Å². The molecule has 43 heavy (non-hydrogen) atoms. The number of hydrazine groups is 1. The number of rotatable bonds is 9. The van der Waals surface area contributed by atoms with E-state index in [1.54, 1.807) is 0 Å². The number of benzene rings is 3. The molecule has 1 saturated heterocycles. The number of hydrogen-bond donors (Lipinski definition) is 1. The van der Waals surface area contributed by atoms with Crippen molar-refractivity contribution in [2.24, 2.45) is 0 Å². The lowest BCUT2D eigenvalue weighted by Crippen LogP contribution is -2.56. The van der Waals surface area contributed by atoms with Crippen LogP contribution in [-0.2, 0) is 25.5 Å². The monoisotopic (exact) mass is 579 g/mol. The highest BCUT2D eigenvalue weighted by molar-refractivity contribution is 5.88. The summed E-state index contributed by atoms with van der Waals surface area (Å²) in [6, 6.07) is 30.5. The van der Waals surface area contributed by atoms with E-state index < -0.39 is 23.2 Å². The SMILES string of the molecule is CC(C)(C)OC(=O)C[C@@H](C(=O)NN1[C@@H](Cc2ccccc2)COC1(C)C)c1ccn(-c2ccc(-c3ccccc3)cc2)c1. The summed E-state index contributed by atoms with van der Waals surface area (Å²) < 4.78 is 13.7. The fraction of sp³-hybridized carbons (Fsp3) is 0.333. The van der Waals surface area contributed by atoms with E-state index >= 15 is 0 Å². The van der Waals surface area contributed by atoms with Crippen LogP contribution in [0.15, 0.2) is 103 Å². The summed E-state index contributed by atoms with van der Waals surface area (Å²) in [7, 11) is 0. The number of nitrogens with zero attached hydrogens (tertiary/aromatic N) is 2. The molecule has 0 radical (unpaired) electrons. The lowest BCUT2D eigenvalue weighted by atomic mass is 9.97. The van der Waals surface area contributed by atoms with Crippen LogP contribution in [0.4, 0.5) is 0 Å². The molecule has 2 heterocycles. The van der Waals surface area contributed by atoms with Crippen LogP contribution in [0.2, 0.25) is 0 Å². The van der Waals surface area contributed by atoms with E-state index in [1.807, 2.05) is 111 Å². The van der Waals surface area contributed by atoms with Crippen molar-refractivity contribution in [3.8, 4) is 16.8 Å². The van der Waals surface area contributed by atoms with Crippen molar-refractivity contribution in [3.05, 3.63) is 115 Å². The van der Waals surface area contributed by atoms with Gasteiger partial charge in [0.1, 0.15) is 11.3 Å². The van der Waals surface area contributed by atoms with Gasteiger partial charge in [-0.15, -0.1) is 0 Å². The van der Waals surface area contributed by atoms with Gasteiger partial charge in [0.2, 0.25) is 5.91 Å². The van der Waals surface area contributed by atoms with Crippen molar-refractivity contribution >= 4 is 11.9 Å². The van der Waals surface area contributed by atoms with Gasteiger partial charge in [-0.3, -0.25) is 15.0 Å². The van der Waals surface area contributed by atoms with E-state index in [9.17, 15) is 9.59 Å². The molecule has 1 aliphatic heterocycles. The quantitative estimate of drug-likeness (QED) is 0.224. The maximum absolute atomic E-state index is 14.0. The van der Waals surface area contributed by atoms with E-state index in [1.165, 1.54) is 0 Å². The molecule has 1 fully saturated rings. The van der Waals surface area contributed by atoms with E-state index in [4.69, 9.17) is 9.47 Å². The molecule has 1 N–H and O–H groups in total. The molecule has 0 spiro atoms. The molecule has 5 rings (SSSR count). The first-order valence-corrected chi connectivity index (χ1v) is 14.8. The summed E-state index contributed by atoms with van der Waals surface area (Å²) in [6.07, 6.45) is 4.47. The van der Waals surface area contributed by atoms with Crippen molar-refractivity contribution in [2.75, 3.05) is 6.61 Å². The zero-order valence-electron chi connectivity index (χ0n) is 25.6. The van der Waals surface area contributed by atoms with Crippen molar-refractivity contribution < 1.29 is 19.1 Å². The normalized spacial score (nSPS) is 17.4. The highest BCUT2D eigenvalue weighted by atomic mass is 16.6. The Morgan fingerprint density at radius 3 is 2.21 bits per heavy atom. The first-order valence-electron chi connectivity index (χ1n) is 14.8. The van der Waals surface area contributed by atoms with Crippen molar-refractivity contribution in [3.63, 3.8) is 0 Å².